The minimum atomic E-state index is -3.44. The van der Waals surface area contributed by atoms with Gasteiger partial charge >= 0.3 is 0 Å². The van der Waals surface area contributed by atoms with Crippen molar-refractivity contribution in [3.05, 3.63) is 65.9 Å². The summed E-state index contributed by atoms with van der Waals surface area (Å²) in [5.74, 6) is -0.304. The highest BCUT2D eigenvalue weighted by molar-refractivity contribution is 7.90. The minimum absolute atomic E-state index is 0.249. The quantitative estimate of drug-likeness (QED) is 0.594. The summed E-state index contributed by atoms with van der Waals surface area (Å²) in [6.45, 7) is 3.89. The third-order valence-corrected chi connectivity index (χ3v) is 7.48. The Kier molecular flexibility index (Phi) is 5.46. The molecular formula is C22H27N3O3S. The van der Waals surface area contributed by atoms with Crippen LogP contribution < -0.4 is 4.72 Å². The molecule has 0 spiro atoms. The van der Waals surface area contributed by atoms with Gasteiger partial charge in [0.2, 0.25) is 10.0 Å². The third kappa shape index (κ3) is 4.08. The summed E-state index contributed by atoms with van der Waals surface area (Å²) in [4.78, 5) is 0. The third-order valence-electron chi connectivity index (χ3n) is 5.50. The van der Waals surface area contributed by atoms with Crippen LogP contribution in [0.25, 0.3) is 10.9 Å². The maximum absolute atomic E-state index is 12.6. The number of aliphatic hydroxyl groups is 1. The van der Waals surface area contributed by atoms with Gasteiger partial charge in [0.1, 0.15) is 0 Å². The van der Waals surface area contributed by atoms with Crippen LogP contribution in [-0.4, -0.2) is 41.2 Å². The van der Waals surface area contributed by atoms with Crippen molar-refractivity contribution in [3.63, 3.8) is 0 Å². The number of hydrogen-bond acceptors (Lipinski definition) is 4. The van der Waals surface area contributed by atoms with Crippen molar-refractivity contribution in [2.24, 2.45) is 0 Å². The summed E-state index contributed by atoms with van der Waals surface area (Å²) in [6.07, 6.45) is 3.21. The summed E-state index contributed by atoms with van der Waals surface area (Å²) >= 11 is 0. The molecule has 7 heteroatoms. The normalized spacial score (nSPS) is 17.0. The van der Waals surface area contributed by atoms with Crippen LogP contribution in [0.1, 0.15) is 49.8 Å². The summed E-state index contributed by atoms with van der Waals surface area (Å²) in [5, 5.41) is 15.3. The molecule has 2 aromatic carbocycles. The average Bonchev–Trinajstić information content (AvgIpc) is 3.48. The van der Waals surface area contributed by atoms with Gasteiger partial charge in [-0.25, -0.2) is 13.1 Å². The van der Waals surface area contributed by atoms with Crippen LogP contribution >= 0.6 is 0 Å². The van der Waals surface area contributed by atoms with Crippen molar-refractivity contribution in [1.29, 1.82) is 0 Å². The van der Waals surface area contributed by atoms with E-state index in [2.05, 4.69) is 23.7 Å². The Labute approximate surface area is 171 Å². The van der Waals surface area contributed by atoms with Gasteiger partial charge in [0.25, 0.3) is 0 Å². The predicted molar refractivity (Wildman–Crippen MR) is 114 cm³/mol. The maximum Gasteiger partial charge on any atom is 0.214 e. The molecule has 0 aliphatic heterocycles. The number of aliphatic hydroxyl groups excluding tert-OH is 1. The van der Waals surface area contributed by atoms with Gasteiger partial charge in [0.15, 0.2) is 0 Å². The molecule has 1 saturated carbocycles. The largest absolute Gasteiger partial charge is 0.395 e. The topological polar surface area (TPSA) is 84.2 Å². The first-order chi connectivity index (χ1) is 13.9. The molecular weight excluding hydrogens is 386 g/mol. The Morgan fingerprint density at radius 3 is 2.48 bits per heavy atom. The molecule has 0 unspecified atom stereocenters. The molecule has 1 aliphatic rings. The second kappa shape index (κ2) is 7.89. The van der Waals surface area contributed by atoms with Crippen molar-refractivity contribution in [1.82, 2.24) is 14.5 Å². The number of nitrogens with zero attached hydrogens (tertiary/aromatic N) is 2. The van der Waals surface area contributed by atoms with E-state index in [1.54, 1.807) is 0 Å². The molecule has 1 aliphatic carbocycles. The van der Waals surface area contributed by atoms with Crippen LogP contribution in [0.5, 0.6) is 0 Å². The first-order valence-corrected chi connectivity index (χ1v) is 11.6. The first-order valence-electron chi connectivity index (χ1n) is 10.0. The lowest BCUT2D eigenvalue weighted by Crippen LogP contribution is -2.43. The van der Waals surface area contributed by atoms with Gasteiger partial charge in [-0.05, 0) is 49.9 Å². The molecule has 1 heterocycles. The fourth-order valence-electron chi connectivity index (χ4n) is 3.89. The van der Waals surface area contributed by atoms with Gasteiger partial charge in [0.05, 0.1) is 29.6 Å². The number of benzene rings is 2. The number of aromatic nitrogens is 2. The lowest BCUT2D eigenvalue weighted by molar-refractivity contribution is 0.246. The lowest BCUT2D eigenvalue weighted by Gasteiger charge is -2.27. The summed E-state index contributed by atoms with van der Waals surface area (Å²) < 4.78 is 29.9. The standard InChI is InChI=1S/C22H27N3O3S/c1-15(2)25-21-11-8-17(12-18(21)13-23-25)22(16-6-4-3-5-7-16)20(14-26)24-29(27,28)19-9-10-19/h3-8,11-13,15,19-20,22,24,26H,9-10,14H2,1-2H3/t20-,22-/m1/s1. The van der Waals surface area contributed by atoms with Gasteiger partial charge in [-0.15, -0.1) is 0 Å². The summed E-state index contributed by atoms with van der Waals surface area (Å²) in [5.41, 5.74) is 2.94. The molecule has 6 nitrogen and oxygen atoms in total. The number of rotatable bonds is 8. The fraction of sp³-hybridized carbons (Fsp3) is 0.409. The van der Waals surface area contributed by atoms with Crippen LogP contribution in [-0.2, 0) is 10.0 Å². The van der Waals surface area contributed by atoms with Crippen LogP contribution in [0.3, 0.4) is 0 Å². The molecule has 0 saturated heterocycles. The Morgan fingerprint density at radius 2 is 1.86 bits per heavy atom. The Hall–Kier alpha value is -2.22. The molecule has 1 aromatic heterocycles. The first kappa shape index (κ1) is 20.1. The zero-order valence-electron chi connectivity index (χ0n) is 16.7. The van der Waals surface area contributed by atoms with Crippen molar-refractivity contribution < 1.29 is 13.5 Å². The van der Waals surface area contributed by atoms with E-state index in [4.69, 9.17) is 0 Å². The SMILES string of the molecule is CC(C)n1ncc2cc([C@@H](c3ccccc3)[C@@H](CO)NS(=O)(=O)C3CC3)ccc21. The molecule has 3 aromatic rings. The van der Waals surface area contributed by atoms with Crippen LogP contribution in [0, 0.1) is 0 Å². The number of hydrogen-bond donors (Lipinski definition) is 2. The second-order valence-electron chi connectivity index (χ2n) is 8.04. The number of fused-ring (bicyclic) bond motifs is 1. The second-order valence-corrected chi connectivity index (χ2v) is 10.0. The fourth-order valence-corrected chi connectivity index (χ4v) is 5.47. The number of nitrogens with one attached hydrogen (secondary N) is 1. The molecule has 0 radical (unpaired) electrons. The Bertz CT molecular complexity index is 1090. The molecule has 29 heavy (non-hydrogen) atoms. The van der Waals surface area contributed by atoms with Gasteiger partial charge in [-0.1, -0.05) is 36.4 Å². The zero-order chi connectivity index (χ0) is 20.6. The lowest BCUT2D eigenvalue weighted by atomic mass is 9.85. The van der Waals surface area contributed by atoms with E-state index in [-0.39, 0.29) is 23.8 Å². The highest BCUT2D eigenvalue weighted by atomic mass is 32.2. The zero-order valence-corrected chi connectivity index (χ0v) is 17.5. The van der Waals surface area contributed by atoms with E-state index >= 15 is 0 Å². The van der Waals surface area contributed by atoms with E-state index < -0.39 is 16.1 Å². The van der Waals surface area contributed by atoms with Gasteiger partial charge in [-0.2, -0.15) is 5.10 Å². The Morgan fingerprint density at radius 1 is 1.14 bits per heavy atom. The molecule has 2 atom stereocenters. The van der Waals surface area contributed by atoms with E-state index in [0.29, 0.717) is 12.8 Å². The van der Waals surface area contributed by atoms with Gasteiger partial charge in [0, 0.05) is 17.3 Å². The van der Waals surface area contributed by atoms with Crippen molar-refractivity contribution >= 4 is 20.9 Å². The van der Waals surface area contributed by atoms with E-state index in [1.807, 2.05) is 59.4 Å². The number of sulfonamides is 1. The van der Waals surface area contributed by atoms with E-state index in [0.717, 1.165) is 22.0 Å². The predicted octanol–water partition coefficient (Wildman–Crippen LogP) is 3.19. The monoisotopic (exact) mass is 413 g/mol. The van der Waals surface area contributed by atoms with Crippen molar-refractivity contribution in [2.45, 2.75) is 49.9 Å². The van der Waals surface area contributed by atoms with E-state index in [9.17, 15) is 13.5 Å². The van der Waals surface area contributed by atoms with Crippen LogP contribution in [0.4, 0.5) is 0 Å². The Balaban J connectivity index is 1.77. The maximum atomic E-state index is 12.6. The molecule has 4 rings (SSSR count). The molecule has 1 fully saturated rings. The summed E-state index contributed by atoms with van der Waals surface area (Å²) in [6, 6.07) is 15.4. The van der Waals surface area contributed by atoms with Gasteiger partial charge in [-0.3, -0.25) is 4.68 Å². The summed E-state index contributed by atoms with van der Waals surface area (Å²) in [7, 11) is -3.44. The van der Waals surface area contributed by atoms with Crippen LogP contribution in [0.15, 0.2) is 54.7 Å². The molecule has 0 amide bonds. The van der Waals surface area contributed by atoms with Crippen molar-refractivity contribution in [2.75, 3.05) is 6.61 Å². The van der Waals surface area contributed by atoms with Crippen LogP contribution in [0.2, 0.25) is 0 Å². The molecule has 154 valence electrons. The molecule has 0 bridgehead atoms. The van der Waals surface area contributed by atoms with E-state index in [1.165, 1.54) is 0 Å². The smallest absolute Gasteiger partial charge is 0.214 e. The van der Waals surface area contributed by atoms with Crippen molar-refractivity contribution in [3.8, 4) is 0 Å². The minimum Gasteiger partial charge on any atom is -0.395 e. The highest BCUT2D eigenvalue weighted by Crippen LogP contribution is 2.33. The average molecular weight is 414 g/mol. The highest BCUT2D eigenvalue weighted by Gasteiger charge is 2.39. The van der Waals surface area contributed by atoms with Gasteiger partial charge < -0.3 is 5.11 Å². The molecule has 2 N–H and O–H groups in total.